The molecule has 0 aliphatic carbocycles. The quantitative estimate of drug-likeness (QED) is 0.583. The molecule has 0 radical (unpaired) electrons. The molecule has 0 saturated carbocycles. The molecule has 0 spiro atoms. The summed E-state index contributed by atoms with van der Waals surface area (Å²) in [5.74, 6) is 0. The average molecular weight is 386 g/mol. The molecule has 0 aliphatic rings. The van der Waals surface area contributed by atoms with Gasteiger partial charge in [-0.2, -0.15) is 26.3 Å². The molecule has 0 amide bonds. The molecule has 14 heavy (non-hydrogen) atoms. The Morgan fingerprint density at radius 3 is 1.07 bits per heavy atom. The smallest absolute Gasteiger partial charge is 0.160 e. The number of hydrogen-bond acceptors (Lipinski definition) is 2. The van der Waals surface area contributed by atoms with E-state index in [1.54, 1.807) is 0 Å². The van der Waals surface area contributed by atoms with Crippen molar-refractivity contribution in [2.45, 2.75) is 11.0 Å². The summed E-state index contributed by atoms with van der Waals surface area (Å²) in [5, 5.41) is 0. The van der Waals surface area contributed by atoms with Crippen molar-refractivity contribution in [3.63, 3.8) is 0 Å². The second-order valence-electron chi connectivity index (χ2n) is 1.64. The first-order chi connectivity index (χ1) is 6.01. The topological polar surface area (TPSA) is 0 Å². The lowest BCUT2D eigenvalue weighted by Gasteiger charge is -2.08. The van der Waals surface area contributed by atoms with Crippen molar-refractivity contribution in [3.8, 4) is 0 Å². The molecule has 0 aromatic rings. The van der Waals surface area contributed by atoms with E-state index in [2.05, 4.69) is 31.9 Å². The zero-order valence-electron chi connectivity index (χ0n) is 5.84. The fraction of sp³-hybridized carbons (Fsp3) is 0.500. The van der Waals surface area contributed by atoms with Crippen molar-refractivity contribution in [2.75, 3.05) is 0 Å². The Morgan fingerprint density at radius 1 is 0.714 bits per heavy atom. The third-order valence-corrected chi connectivity index (χ3v) is 4.75. The van der Waals surface area contributed by atoms with Gasteiger partial charge in [0.05, 0.1) is 7.63 Å². The molecule has 0 bridgehead atoms. The normalized spacial score (nSPS) is 15.4. The number of halogens is 8. The van der Waals surface area contributed by atoms with E-state index >= 15 is 0 Å². The summed E-state index contributed by atoms with van der Waals surface area (Å²) in [4.78, 5) is 0. The number of thioether (sulfide) groups is 2. The van der Waals surface area contributed by atoms with Gasteiger partial charge in [-0.1, -0.05) is 0 Å². The van der Waals surface area contributed by atoms with Gasteiger partial charge in [-0.25, -0.2) is 0 Å². The van der Waals surface area contributed by atoms with Crippen LogP contribution in [0, 0.1) is 0 Å². The standard InChI is InChI=1S/C4Br2F6S2/c5-1(13-3(7,8)9)2(6)14-4(10,11)12/b2-1+. The summed E-state index contributed by atoms with van der Waals surface area (Å²) in [6, 6.07) is 0. The van der Waals surface area contributed by atoms with E-state index in [-0.39, 0.29) is 0 Å². The Morgan fingerprint density at radius 2 is 0.929 bits per heavy atom. The van der Waals surface area contributed by atoms with Gasteiger partial charge >= 0.3 is 11.0 Å². The number of hydrogen-bond donors (Lipinski definition) is 0. The highest BCUT2D eigenvalue weighted by Crippen LogP contribution is 2.48. The lowest BCUT2D eigenvalue weighted by atomic mass is 11.2. The molecule has 0 unspecified atom stereocenters. The predicted molar refractivity (Wildman–Crippen MR) is 52.2 cm³/mol. The van der Waals surface area contributed by atoms with Crippen LogP contribution < -0.4 is 0 Å². The fourth-order valence-corrected chi connectivity index (χ4v) is 2.69. The Bertz CT molecular complexity index is 207. The monoisotopic (exact) mass is 384 g/mol. The molecule has 0 atom stereocenters. The van der Waals surface area contributed by atoms with Crippen molar-refractivity contribution in [2.24, 2.45) is 0 Å². The van der Waals surface area contributed by atoms with Gasteiger partial charge in [-0.3, -0.25) is 0 Å². The van der Waals surface area contributed by atoms with Gasteiger partial charge in [0.1, 0.15) is 0 Å². The van der Waals surface area contributed by atoms with Gasteiger partial charge in [0.15, 0.2) is 0 Å². The maximum absolute atomic E-state index is 11.7. The van der Waals surface area contributed by atoms with Gasteiger partial charge in [0.25, 0.3) is 0 Å². The molecular weight excluding hydrogens is 386 g/mol. The summed E-state index contributed by atoms with van der Waals surface area (Å²) in [6.07, 6.45) is 0. The van der Waals surface area contributed by atoms with Gasteiger partial charge < -0.3 is 0 Å². The first-order valence-electron chi connectivity index (χ1n) is 2.58. The van der Waals surface area contributed by atoms with Crippen molar-refractivity contribution in [1.29, 1.82) is 0 Å². The average Bonchev–Trinajstić information content (AvgIpc) is 1.78. The van der Waals surface area contributed by atoms with E-state index in [4.69, 9.17) is 0 Å². The highest BCUT2D eigenvalue weighted by molar-refractivity contribution is 9.17. The van der Waals surface area contributed by atoms with E-state index in [9.17, 15) is 26.3 Å². The third kappa shape index (κ3) is 8.30. The van der Waals surface area contributed by atoms with Crippen LogP contribution in [0.2, 0.25) is 0 Å². The van der Waals surface area contributed by atoms with Gasteiger partial charge in [-0.15, -0.1) is 0 Å². The van der Waals surface area contributed by atoms with Gasteiger partial charge in [0.2, 0.25) is 0 Å². The highest BCUT2D eigenvalue weighted by atomic mass is 79.9. The lowest BCUT2D eigenvalue weighted by molar-refractivity contribution is -0.0333. The molecule has 84 valence electrons. The van der Waals surface area contributed by atoms with Crippen LogP contribution in [-0.4, -0.2) is 11.0 Å². The van der Waals surface area contributed by atoms with E-state index in [1.807, 2.05) is 0 Å². The van der Waals surface area contributed by atoms with Gasteiger partial charge in [-0.05, 0) is 55.4 Å². The Kier molecular flexibility index (Phi) is 5.73. The Balaban J connectivity index is 4.45. The lowest BCUT2D eigenvalue weighted by Crippen LogP contribution is -2.01. The summed E-state index contributed by atoms with van der Waals surface area (Å²) in [7, 11) is 0. The summed E-state index contributed by atoms with van der Waals surface area (Å²) < 4.78 is 68.8. The first kappa shape index (κ1) is 15.0. The molecule has 0 rings (SSSR count). The van der Waals surface area contributed by atoms with Crippen LogP contribution in [0.15, 0.2) is 7.63 Å². The molecule has 0 aliphatic heterocycles. The summed E-state index contributed by atoms with van der Waals surface area (Å²) in [6.45, 7) is 0. The van der Waals surface area contributed by atoms with Crippen LogP contribution in [0.4, 0.5) is 26.3 Å². The minimum atomic E-state index is -4.62. The highest BCUT2D eigenvalue weighted by Gasteiger charge is 2.34. The number of rotatable bonds is 2. The minimum absolute atomic E-state index is 0.660. The van der Waals surface area contributed by atoms with E-state index < -0.39 is 42.2 Å². The van der Waals surface area contributed by atoms with Gasteiger partial charge in [0, 0.05) is 0 Å². The zero-order valence-corrected chi connectivity index (χ0v) is 10.6. The molecule has 0 N–H and O–H groups in total. The Hall–Kier alpha value is 0.980. The van der Waals surface area contributed by atoms with Crippen LogP contribution in [0.5, 0.6) is 0 Å². The van der Waals surface area contributed by atoms with Crippen molar-refractivity contribution >= 4 is 55.4 Å². The maximum atomic E-state index is 11.7. The maximum Gasteiger partial charge on any atom is 0.446 e. The zero-order chi connectivity index (χ0) is 11.6. The second-order valence-corrected chi connectivity index (χ2v) is 6.43. The second kappa shape index (κ2) is 5.35. The van der Waals surface area contributed by atoms with E-state index in [0.29, 0.717) is 0 Å². The molecular formula is C4Br2F6S2. The predicted octanol–water partition coefficient (Wildman–Crippen LogP) is 5.41. The first-order valence-corrected chi connectivity index (χ1v) is 5.80. The van der Waals surface area contributed by atoms with Crippen molar-refractivity contribution in [1.82, 2.24) is 0 Å². The van der Waals surface area contributed by atoms with Crippen LogP contribution in [0.25, 0.3) is 0 Å². The van der Waals surface area contributed by atoms with Crippen molar-refractivity contribution < 1.29 is 26.3 Å². The summed E-state index contributed by atoms with van der Waals surface area (Å²) in [5.41, 5.74) is -9.24. The summed E-state index contributed by atoms with van der Waals surface area (Å²) >= 11 is 3.44. The van der Waals surface area contributed by atoms with Crippen LogP contribution in [0.3, 0.4) is 0 Å². The van der Waals surface area contributed by atoms with Crippen LogP contribution >= 0.6 is 55.4 Å². The largest absolute Gasteiger partial charge is 0.446 e. The molecule has 0 fully saturated rings. The molecule has 0 aromatic carbocycles. The number of alkyl halides is 6. The minimum Gasteiger partial charge on any atom is -0.160 e. The van der Waals surface area contributed by atoms with E-state index in [1.165, 1.54) is 0 Å². The Labute approximate surface area is 100 Å². The fourth-order valence-electron chi connectivity index (χ4n) is 0.283. The van der Waals surface area contributed by atoms with Crippen LogP contribution in [0.1, 0.15) is 0 Å². The molecule has 0 aromatic heterocycles. The molecule has 0 nitrogen and oxygen atoms in total. The molecule has 0 heterocycles. The third-order valence-electron chi connectivity index (χ3n) is 0.565. The van der Waals surface area contributed by atoms with Crippen molar-refractivity contribution in [3.05, 3.63) is 7.63 Å². The molecule has 10 heteroatoms. The van der Waals surface area contributed by atoms with Crippen LogP contribution in [-0.2, 0) is 0 Å². The molecule has 0 saturated heterocycles. The van der Waals surface area contributed by atoms with E-state index in [0.717, 1.165) is 0 Å². The SMILES string of the molecule is FC(F)(F)S/C(Br)=C(\Br)SC(F)(F)F.